The fraction of sp³-hybridized carbons (Fsp3) is 0.643. The van der Waals surface area contributed by atoms with E-state index in [2.05, 4.69) is 29.9 Å². The predicted molar refractivity (Wildman–Crippen MR) is 72.9 cm³/mol. The minimum Gasteiger partial charge on any atom is -0.328 e. The molecule has 3 nitrogen and oxygen atoms in total. The molecule has 0 fully saturated rings. The highest BCUT2D eigenvalue weighted by Crippen LogP contribution is 2.01. The van der Waals surface area contributed by atoms with Gasteiger partial charge in [0.25, 0.3) is 0 Å². The Balaban J connectivity index is 2.07. The van der Waals surface area contributed by atoms with Crippen LogP contribution in [0.25, 0.3) is 0 Å². The summed E-state index contributed by atoms with van der Waals surface area (Å²) in [5.41, 5.74) is 6.90. The molecule has 0 spiro atoms. The van der Waals surface area contributed by atoms with E-state index in [1.165, 1.54) is 18.5 Å². The van der Waals surface area contributed by atoms with E-state index in [0.29, 0.717) is 6.04 Å². The fourth-order valence-electron chi connectivity index (χ4n) is 1.81. The van der Waals surface area contributed by atoms with Crippen LogP contribution in [0.3, 0.4) is 0 Å². The molecule has 0 aliphatic rings. The van der Waals surface area contributed by atoms with Crippen molar-refractivity contribution >= 4 is 0 Å². The molecule has 1 aromatic rings. The van der Waals surface area contributed by atoms with Crippen molar-refractivity contribution in [2.75, 3.05) is 20.1 Å². The number of nitrogens with two attached hydrogens (primary N) is 1. The molecule has 0 aromatic carbocycles. The lowest BCUT2D eigenvalue weighted by Crippen LogP contribution is -2.23. The standard InChI is InChI=1S/C14H25N3/c1-13(15)7-4-6-11-17(2)12-9-14-8-3-5-10-16-14/h3,5,8,10,13H,4,6-7,9,11-12,15H2,1-2H3. The molecule has 1 heterocycles. The summed E-state index contributed by atoms with van der Waals surface area (Å²) < 4.78 is 0. The van der Waals surface area contributed by atoms with Gasteiger partial charge in [-0.15, -0.1) is 0 Å². The maximum absolute atomic E-state index is 5.72. The van der Waals surface area contributed by atoms with Crippen molar-refractivity contribution < 1.29 is 0 Å². The van der Waals surface area contributed by atoms with Crippen LogP contribution in [0, 0.1) is 0 Å². The highest BCUT2D eigenvalue weighted by molar-refractivity contribution is 5.03. The van der Waals surface area contributed by atoms with Gasteiger partial charge in [-0.05, 0) is 45.5 Å². The number of nitrogens with zero attached hydrogens (tertiary/aromatic N) is 2. The van der Waals surface area contributed by atoms with Gasteiger partial charge < -0.3 is 10.6 Å². The number of pyridine rings is 1. The second kappa shape index (κ2) is 8.20. The molecule has 96 valence electrons. The Labute approximate surface area is 105 Å². The fourth-order valence-corrected chi connectivity index (χ4v) is 1.81. The normalized spacial score (nSPS) is 12.9. The van der Waals surface area contributed by atoms with Crippen LogP contribution < -0.4 is 5.73 Å². The van der Waals surface area contributed by atoms with Crippen molar-refractivity contribution in [3.05, 3.63) is 30.1 Å². The van der Waals surface area contributed by atoms with Gasteiger partial charge in [-0.1, -0.05) is 12.5 Å². The molecule has 0 amide bonds. The minimum atomic E-state index is 0.342. The number of rotatable bonds is 8. The average Bonchev–Trinajstić information content (AvgIpc) is 2.33. The number of hydrogen-bond donors (Lipinski definition) is 1. The van der Waals surface area contributed by atoms with Crippen LogP contribution in [0.5, 0.6) is 0 Å². The molecule has 0 radical (unpaired) electrons. The van der Waals surface area contributed by atoms with Gasteiger partial charge in [0.15, 0.2) is 0 Å². The number of hydrogen-bond acceptors (Lipinski definition) is 3. The maximum atomic E-state index is 5.72. The summed E-state index contributed by atoms with van der Waals surface area (Å²) >= 11 is 0. The summed E-state index contributed by atoms with van der Waals surface area (Å²) in [6.45, 7) is 4.31. The zero-order chi connectivity index (χ0) is 12.5. The molecule has 3 heteroatoms. The van der Waals surface area contributed by atoms with E-state index in [1.54, 1.807) is 0 Å². The van der Waals surface area contributed by atoms with Gasteiger partial charge in [0, 0.05) is 30.9 Å². The smallest absolute Gasteiger partial charge is 0.0416 e. The van der Waals surface area contributed by atoms with Crippen LogP contribution in [-0.2, 0) is 6.42 Å². The van der Waals surface area contributed by atoms with Crippen molar-refractivity contribution in [3.63, 3.8) is 0 Å². The zero-order valence-electron chi connectivity index (χ0n) is 11.1. The second-order valence-corrected chi connectivity index (χ2v) is 4.85. The van der Waals surface area contributed by atoms with Crippen LogP contribution in [0.4, 0.5) is 0 Å². The Morgan fingerprint density at radius 1 is 1.29 bits per heavy atom. The van der Waals surface area contributed by atoms with Crippen molar-refractivity contribution in [3.8, 4) is 0 Å². The quantitative estimate of drug-likeness (QED) is 0.701. The van der Waals surface area contributed by atoms with Gasteiger partial charge in [-0.2, -0.15) is 0 Å². The topological polar surface area (TPSA) is 42.1 Å². The molecule has 1 unspecified atom stereocenters. The molecule has 1 aromatic heterocycles. The van der Waals surface area contributed by atoms with Crippen molar-refractivity contribution in [1.29, 1.82) is 0 Å². The van der Waals surface area contributed by atoms with Crippen LogP contribution in [0.1, 0.15) is 31.9 Å². The van der Waals surface area contributed by atoms with Crippen molar-refractivity contribution in [2.24, 2.45) is 5.73 Å². The van der Waals surface area contributed by atoms with Crippen LogP contribution in [-0.4, -0.2) is 36.1 Å². The zero-order valence-corrected chi connectivity index (χ0v) is 11.1. The molecular weight excluding hydrogens is 210 g/mol. The van der Waals surface area contributed by atoms with E-state index in [9.17, 15) is 0 Å². The molecule has 1 rings (SSSR count). The summed E-state index contributed by atoms with van der Waals surface area (Å²) in [6.07, 6.45) is 6.49. The third-order valence-corrected chi connectivity index (χ3v) is 2.93. The lowest BCUT2D eigenvalue weighted by atomic mass is 10.1. The van der Waals surface area contributed by atoms with Crippen molar-refractivity contribution in [1.82, 2.24) is 9.88 Å². The summed E-state index contributed by atoms with van der Waals surface area (Å²) in [5, 5.41) is 0. The SMILES string of the molecule is CC(N)CCCCN(C)CCc1ccccn1. The molecule has 0 bridgehead atoms. The molecule has 0 aliphatic heterocycles. The van der Waals surface area contributed by atoms with Crippen molar-refractivity contribution in [2.45, 2.75) is 38.6 Å². The van der Waals surface area contributed by atoms with E-state index in [-0.39, 0.29) is 0 Å². The third-order valence-electron chi connectivity index (χ3n) is 2.93. The highest BCUT2D eigenvalue weighted by Gasteiger charge is 2.00. The molecule has 0 aliphatic carbocycles. The Morgan fingerprint density at radius 2 is 2.12 bits per heavy atom. The number of aromatic nitrogens is 1. The van der Waals surface area contributed by atoms with E-state index >= 15 is 0 Å². The summed E-state index contributed by atoms with van der Waals surface area (Å²) in [5.74, 6) is 0. The van der Waals surface area contributed by atoms with E-state index in [1.807, 2.05) is 18.3 Å². The Bertz CT molecular complexity index is 285. The van der Waals surface area contributed by atoms with Crippen LogP contribution in [0.2, 0.25) is 0 Å². The molecule has 17 heavy (non-hydrogen) atoms. The van der Waals surface area contributed by atoms with Crippen LogP contribution >= 0.6 is 0 Å². The van der Waals surface area contributed by atoms with E-state index < -0.39 is 0 Å². The van der Waals surface area contributed by atoms with E-state index in [4.69, 9.17) is 5.73 Å². The third kappa shape index (κ3) is 7.08. The van der Waals surface area contributed by atoms with Gasteiger partial charge in [-0.25, -0.2) is 0 Å². The molecule has 0 saturated carbocycles. The highest BCUT2D eigenvalue weighted by atomic mass is 15.1. The first kappa shape index (κ1) is 14.1. The van der Waals surface area contributed by atoms with E-state index in [0.717, 1.165) is 25.9 Å². The summed E-state index contributed by atoms with van der Waals surface area (Å²) in [7, 11) is 2.18. The number of unbranched alkanes of at least 4 members (excludes halogenated alkanes) is 1. The minimum absolute atomic E-state index is 0.342. The first-order valence-corrected chi connectivity index (χ1v) is 6.52. The molecular formula is C14H25N3. The molecule has 0 saturated heterocycles. The Kier molecular flexibility index (Phi) is 6.82. The lowest BCUT2D eigenvalue weighted by Gasteiger charge is -2.16. The Morgan fingerprint density at radius 3 is 2.76 bits per heavy atom. The molecule has 1 atom stereocenters. The molecule has 2 N–H and O–H groups in total. The first-order chi connectivity index (χ1) is 8.18. The monoisotopic (exact) mass is 235 g/mol. The Hall–Kier alpha value is -0.930. The van der Waals surface area contributed by atoms with Gasteiger partial charge in [-0.3, -0.25) is 4.98 Å². The maximum Gasteiger partial charge on any atom is 0.0416 e. The van der Waals surface area contributed by atoms with Gasteiger partial charge in [0.05, 0.1) is 0 Å². The van der Waals surface area contributed by atoms with Crippen LogP contribution in [0.15, 0.2) is 24.4 Å². The number of likely N-dealkylation sites (N-methyl/N-ethyl adjacent to an activating group) is 1. The van der Waals surface area contributed by atoms with Gasteiger partial charge >= 0.3 is 0 Å². The second-order valence-electron chi connectivity index (χ2n) is 4.85. The first-order valence-electron chi connectivity index (χ1n) is 6.52. The average molecular weight is 235 g/mol. The summed E-state index contributed by atoms with van der Waals surface area (Å²) in [6, 6.07) is 6.43. The van der Waals surface area contributed by atoms with Gasteiger partial charge in [0.2, 0.25) is 0 Å². The lowest BCUT2D eigenvalue weighted by molar-refractivity contribution is 0.326. The summed E-state index contributed by atoms with van der Waals surface area (Å²) in [4.78, 5) is 6.70. The largest absolute Gasteiger partial charge is 0.328 e. The predicted octanol–water partition coefficient (Wildman–Crippen LogP) is 2.07. The van der Waals surface area contributed by atoms with Gasteiger partial charge in [0.1, 0.15) is 0 Å².